The first-order valence-electron chi connectivity index (χ1n) is 5.98. The van der Waals surface area contributed by atoms with Gasteiger partial charge in [-0.25, -0.2) is 4.39 Å². The van der Waals surface area contributed by atoms with Gasteiger partial charge in [0.25, 0.3) is 5.91 Å². The van der Waals surface area contributed by atoms with Gasteiger partial charge in [0.05, 0.1) is 6.07 Å². The van der Waals surface area contributed by atoms with Gasteiger partial charge in [-0.3, -0.25) is 4.79 Å². The topological polar surface area (TPSA) is 62.1 Å². The number of nitrogens with zero attached hydrogens (tertiary/aromatic N) is 1. The number of ether oxygens (including phenoxy) is 1. The molecule has 0 saturated carbocycles. The lowest BCUT2D eigenvalue weighted by atomic mass is 9.90. The molecule has 1 rings (SSSR count). The number of benzene rings is 1. The highest BCUT2D eigenvalue weighted by atomic mass is 19.1. The first kappa shape index (κ1) is 15.0. The largest absolute Gasteiger partial charge is 0.481 e. The number of nitrogens with one attached hydrogen (secondary N) is 1. The fraction of sp³-hybridized carbons (Fsp3) is 0.429. The van der Waals surface area contributed by atoms with Crippen molar-refractivity contribution in [3.05, 3.63) is 30.1 Å². The van der Waals surface area contributed by atoms with Gasteiger partial charge in [-0.15, -0.1) is 0 Å². The van der Waals surface area contributed by atoms with Crippen LogP contribution in [0.25, 0.3) is 0 Å². The number of carbonyl (C=O) groups excluding carboxylic acids is 1. The van der Waals surface area contributed by atoms with E-state index in [1.54, 1.807) is 13.0 Å². The smallest absolute Gasteiger partial charge is 0.259 e. The van der Waals surface area contributed by atoms with Gasteiger partial charge in [-0.05, 0) is 25.0 Å². The summed E-state index contributed by atoms with van der Waals surface area (Å²) in [6.07, 6.45) is 0. The van der Waals surface area contributed by atoms with Crippen LogP contribution in [0.15, 0.2) is 24.3 Å². The number of rotatable bonds is 5. The van der Waals surface area contributed by atoms with Crippen molar-refractivity contribution in [1.29, 1.82) is 5.26 Å². The van der Waals surface area contributed by atoms with E-state index in [2.05, 4.69) is 11.4 Å². The van der Waals surface area contributed by atoms with Crippen molar-refractivity contribution in [1.82, 2.24) is 5.32 Å². The Labute approximate surface area is 112 Å². The average molecular weight is 264 g/mol. The van der Waals surface area contributed by atoms with Crippen LogP contribution in [0, 0.1) is 23.1 Å². The summed E-state index contributed by atoms with van der Waals surface area (Å²) in [7, 11) is 0. The van der Waals surface area contributed by atoms with E-state index in [1.165, 1.54) is 18.2 Å². The molecule has 19 heavy (non-hydrogen) atoms. The van der Waals surface area contributed by atoms with Crippen LogP contribution in [0.3, 0.4) is 0 Å². The minimum absolute atomic E-state index is 0.0147. The first-order valence-corrected chi connectivity index (χ1v) is 5.98. The van der Waals surface area contributed by atoms with Crippen LogP contribution >= 0.6 is 0 Å². The third-order valence-electron chi connectivity index (χ3n) is 2.98. The van der Waals surface area contributed by atoms with Crippen molar-refractivity contribution in [2.75, 3.05) is 6.61 Å². The van der Waals surface area contributed by atoms with Crippen LogP contribution in [0.2, 0.25) is 0 Å². The van der Waals surface area contributed by atoms with Crippen molar-refractivity contribution >= 4 is 5.91 Å². The van der Waals surface area contributed by atoms with Gasteiger partial charge >= 0.3 is 0 Å². The number of hydrogen-bond acceptors (Lipinski definition) is 3. The monoisotopic (exact) mass is 264 g/mol. The molecule has 0 heterocycles. The predicted octanol–water partition coefficient (Wildman–Crippen LogP) is 2.26. The van der Waals surface area contributed by atoms with E-state index in [-0.39, 0.29) is 18.3 Å². The van der Waals surface area contributed by atoms with E-state index < -0.39 is 17.3 Å². The summed E-state index contributed by atoms with van der Waals surface area (Å²) >= 11 is 0. The molecule has 0 saturated heterocycles. The van der Waals surface area contributed by atoms with Crippen molar-refractivity contribution in [2.45, 2.75) is 26.3 Å². The van der Waals surface area contributed by atoms with E-state index in [1.807, 2.05) is 13.8 Å². The number of hydrogen-bond donors (Lipinski definition) is 1. The SMILES string of the molecule is CC(C)C(C)(C#N)NC(=O)COc1ccccc1F. The van der Waals surface area contributed by atoms with Crippen molar-refractivity contribution in [2.24, 2.45) is 5.92 Å². The molecule has 1 aromatic carbocycles. The van der Waals surface area contributed by atoms with Gasteiger partial charge in [0.15, 0.2) is 18.2 Å². The maximum Gasteiger partial charge on any atom is 0.259 e. The molecular weight excluding hydrogens is 247 g/mol. The zero-order valence-corrected chi connectivity index (χ0v) is 11.2. The number of carbonyl (C=O) groups is 1. The standard InChI is InChI=1S/C14H17FN2O2/c1-10(2)14(3,9-16)17-13(18)8-19-12-7-5-4-6-11(12)15/h4-7,10H,8H2,1-3H3,(H,17,18). The van der Waals surface area contributed by atoms with Crippen molar-refractivity contribution in [3.8, 4) is 11.8 Å². The molecule has 1 amide bonds. The molecule has 0 spiro atoms. The van der Waals surface area contributed by atoms with E-state index in [9.17, 15) is 9.18 Å². The number of halogens is 1. The molecule has 0 fully saturated rings. The van der Waals surface area contributed by atoms with Crippen LogP contribution in [-0.2, 0) is 4.79 Å². The van der Waals surface area contributed by atoms with Crippen molar-refractivity contribution in [3.63, 3.8) is 0 Å². The van der Waals surface area contributed by atoms with Crippen LogP contribution in [-0.4, -0.2) is 18.1 Å². The van der Waals surface area contributed by atoms with Gasteiger partial charge < -0.3 is 10.1 Å². The Morgan fingerprint density at radius 1 is 1.53 bits per heavy atom. The predicted molar refractivity (Wildman–Crippen MR) is 68.9 cm³/mol. The third-order valence-corrected chi connectivity index (χ3v) is 2.98. The van der Waals surface area contributed by atoms with Gasteiger partial charge in [0.2, 0.25) is 0 Å². The highest BCUT2D eigenvalue weighted by Gasteiger charge is 2.30. The van der Waals surface area contributed by atoms with Gasteiger partial charge in [-0.1, -0.05) is 26.0 Å². The Morgan fingerprint density at radius 2 is 2.16 bits per heavy atom. The molecule has 4 nitrogen and oxygen atoms in total. The fourth-order valence-electron chi connectivity index (χ4n) is 1.33. The minimum Gasteiger partial charge on any atom is -0.481 e. The molecule has 0 bridgehead atoms. The van der Waals surface area contributed by atoms with Gasteiger partial charge in [0, 0.05) is 0 Å². The molecule has 0 radical (unpaired) electrons. The Morgan fingerprint density at radius 3 is 2.68 bits per heavy atom. The zero-order valence-electron chi connectivity index (χ0n) is 11.2. The van der Waals surface area contributed by atoms with E-state index in [4.69, 9.17) is 10.00 Å². The normalized spacial score (nSPS) is 13.5. The summed E-state index contributed by atoms with van der Waals surface area (Å²) in [5.74, 6) is -1.01. The Hall–Kier alpha value is -2.09. The minimum atomic E-state index is -0.963. The zero-order chi connectivity index (χ0) is 14.5. The van der Waals surface area contributed by atoms with E-state index >= 15 is 0 Å². The summed E-state index contributed by atoms with van der Waals surface area (Å²) in [6, 6.07) is 7.90. The average Bonchev–Trinajstić information content (AvgIpc) is 2.37. The molecule has 1 atom stereocenters. The second-order valence-electron chi connectivity index (χ2n) is 4.74. The molecule has 1 unspecified atom stereocenters. The second-order valence-corrected chi connectivity index (χ2v) is 4.74. The Balaban J connectivity index is 2.58. The highest BCUT2D eigenvalue weighted by molar-refractivity contribution is 5.78. The van der Waals surface area contributed by atoms with E-state index in [0.717, 1.165) is 0 Å². The Kier molecular flexibility index (Phi) is 4.87. The number of nitriles is 1. The Bertz CT molecular complexity index is 496. The molecule has 1 N–H and O–H groups in total. The first-order chi connectivity index (χ1) is 8.89. The van der Waals surface area contributed by atoms with E-state index in [0.29, 0.717) is 0 Å². The molecule has 1 aromatic rings. The lowest BCUT2D eigenvalue weighted by Crippen LogP contribution is -2.50. The molecular formula is C14H17FN2O2. The van der Waals surface area contributed by atoms with Crippen molar-refractivity contribution < 1.29 is 13.9 Å². The van der Waals surface area contributed by atoms with Crippen LogP contribution < -0.4 is 10.1 Å². The fourth-order valence-corrected chi connectivity index (χ4v) is 1.33. The van der Waals surface area contributed by atoms with Crippen LogP contribution in [0.4, 0.5) is 4.39 Å². The summed E-state index contributed by atoms with van der Waals surface area (Å²) in [6.45, 7) is 4.98. The molecule has 0 aromatic heterocycles. The summed E-state index contributed by atoms with van der Waals surface area (Å²) in [4.78, 5) is 11.7. The van der Waals surface area contributed by atoms with Gasteiger partial charge in [-0.2, -0.15) is 5.26 Å². The number of para-hydroxylation sites is 1. The molecule has 0 aliphatic heterocycles. The number of amides is 1. The third kappa shape index (κ3) is 3.95. The van der Waals surface area contributed by atoms with Crippen LogP contribution in [0.5, 0.6) is 5.75 Å². The molecule has 102 valence electrons. The van der Waals surface area contributed by atoms with Gasteiger partial charge in [0.1, 0.15) is 5.54 Å². The maximum atomic E-state index is 13.3. The maximum absolute atomic E-state index is 13.3. The summed E-state index contributed by atoms with van der Waals surface area (Å²) in [5.41, 5.74) is -0.963. The lowest BCUT2D eigenvalue weighted by molar-refractivity contribution is -0.124. The summed E-state index contributed by atoms with van der Waals surface area (Å²) in [5, 5.41) is 11.7. The quantitative estimate of drug-likeness (QED) is 0.887. The molecule has 5 heteroatoms. The molecule has 0 aliphatic carbocycles. The highest BCUT2D eigenvalue weighted by Crippen LogP contribution is 2.16. The summed E-state index contributed by atoms with van der Waals surface area (Å²) < 4.78 is 18.3. The lowest BCUT2D eigenvalue weighted by Gasteiger charge is -2.27. The van der Waals surface area contributed by atoms with Crippen LogP contribution in [0.1, 0.15) is 20.8 Å². The second kappa shape index (κ2) is 6.19. The molecule has 0 aliphatic rings.